The van der Waals surface area contributed by atoms with Crippen LogP contribution in [-0.2, 0) is 16.8 Å². The lowest BCUT2D eigenvalue weighted by atomic mass is 9.79. The highest BCUT2D eigenvalue weighted by Gasteiger charge is 2.54. The highest BCUT2D eigenvalue weighted by molar-refractivity contribution is 6.09. The van der Waals surface area contributed by atoms with Crippen LogP contribution in [0.4, 0.5) is 0 Å². The highest BCUT2D eigenvalue weighted by Crippen LogP contribution is 2.51. The lowest BCUT2D eigenvalue weighted by Crippen LogP contribution is -2.42. The zero-order valence-corrected chi connectivity index (χ0v) is 15.2. The number of benzene rings is 1. The second-order valence-corrected chi connectivity index (χ2v) is 7.28. The third kappa shape index (κ3) is 2.29. The monoisotopic (exact) mass is 350 g/mol. The maximum Gasteiger partial charge on any atom is 0.266 e. The molecular weight excluding hydrogens is 328 g/mol. The van der Waals surface area contributed by atoms with Crippen molar-refractivity contribution in [2.45, 2.75) is 32.2 Å². The number of aromatic nitrogens is 1. The predicted molar refractivity (Wildman–Crippen MR) is 99.1 cm³/mol. The fourth-order valence-electron chi connectivity index (χ4n) is 3.58. The Hall–Kier alpha value is -2.89. The fourth-order valence-corrected chi connectivity index (χ4v) is 3.58. The van der Waals surface area contributed by atoms with Crippen molar-refractivity contribution >= 4 is 11.9 Å². The second kappa shape index (κ2) is 5.83. The van der Waals surface area contributed by atoms with Crippen LogP contribution in [0, 0.1) is 5.92 Å². The van der Waals surface area contributed by atoms with Gasteiger partial charge in [-0.05, 0) is 42.5 Å². The second-order valence-electron chi connectivity index (χ2n) is 7.28. The van der Waals surface area contributed by atoms with E-state index >= 15 is 0 Å². The molecule has 0 radical (unpaired) electrons. The van der Waals surface area contributed by atoms with E-state index < -0.39 is 5.54 Å². The summed E-state index contributed by atoms with van der Waals surface area (Å²) in [5.41, 5.74) is 7.41. The molecule has 2 aromatic rings. The lowest BCUT2D eigenvalue weighted by Gasteiger charge is -2.33. The van der Waals surface area contributed by atoms with E-state index in [1.807, 2.05) is 18.2 Å². The third-order valence-electron chi connectivity index (χ3n) is 5.08. The zero-order valence-electron chi connectivity index (χ0n) is 15.2. The minimum absolute atomic E-state index is 0.173. The van der Waals surface area contributed by atoms with Crippen LogP contribution in [0.3, 0.4) is 0 Å². The van der Waals surface area contributed by atoms with E-state index in [9.17, 15) is 4.79 Å². The first kappa shape index (κ1) is 16.6. The van der Waals surface area contributed by atoms with Crippen LogP contribution in [0.2, 0.25) is 0 Å². The van der Waals surface area contributed by atoms with Crippen LogP contribution in [0.25, 0.3) is 0 Å². The maximum atomic E-state index is 13.3. The number of carbonyl (C=O) groups excluding carboxylic acids is 1. The van der Waals surface area contributed by atoms with Crippen LogP contribution < -0.4 is 10.5 Å². The Bertz CT molecular complexity index is 922. The first-order valence-corrected chi connectivity index (χ1v) is 8.82. The number of pyridine rings is 1. The van der Waals surface area contributed by atoms with E-state index in [0.717, 1.165) is 24.0 Å². The quantitative estimate of drug-likeness (QED) is 0.923. The highest BCUT2D eigenvalue weighted by atomic mass is 16.5. The topological polar surface area (TPSA) is 80.8 Å². The van der Waals surface area contributed by atoms with Gasteiger partial charge in [0.2, 0.25) is 5.54 Å². The molecular formula is C20H22N4O2. The Balaban J connectivity index is 1.91. The third-order valence-corrected chi connectivity index (χ3v) is 5.08. The van der Waals surface area contributed by atoms with Gasteiger partial charge in [0.1, 0.15) is 5.75 Å². The number of aliphatic imine (C=N–C) groups is 1. The fraction of sp³-hybridized carbons (Fsp3) is 0.350. The van der Waals surface area contributed by atoms with Crippen molar-refractivity contribution in [2.75, 3.05) is 7.05 Å². The van der Waals surface area contributed by atoms with Gasteiger partial charge in [0.05, 0.1) is 6.20 Å². The molecule has 3 heterocycles. The van der Waals surface area contributed by atoms with Gasteiger partial charge in [-0.25, -0.2) is 4.99 Å². The normalized spacial score (nSPS) is 20.8. The van der Waals surface area contributed by atoms with Gasteiger partial charge in [-0.1, -0.05) is 19.9 Å². The van der Waals surface area contributed by atoms with Gasteiger partial charge in [0.15, 0.2) is 11.7 Å². The smallest absolute Gasteiger partial charge is 0.266 e. The van der Waals surface area contributed by atoms with Crippen LogP contribution in [0.1, 0.15) is 37.0 Å². The minimum Gasteiger partial charge on any atom is -0.455 e. The summed E-state index contributed by atoms with van der Waals surface area (Å²) in [6.07, 6.45) is 5.28. The average Bonchev–Trinajstić information content (AvgIpc) is 2.85. The number of likely N-dealkylation sites (N-methyl/N-ethyl adjacent to an activating group) is 1. The van der Waals surface area contributed by atoms with Crippen molar-refractivity contribution in [3.05, 3.63) is 53.3 Å². The van der Waals surface area contributed by atoms with Crippen molar-refractivity contribution in [3.63, 3.8) is 0 Å². The van der Waals surface area contributed by atoms with Crippen molar-refractivity contribution in [1.82, 2.24) is 9.88 Å². The number of fused-ring (bicyclic) bond motifs is 4. The molecule has 6 heteroatoms. The predicted octanol–water partition coefficient (Wildman–Crippen LogP) is 2.81. The Morgan fingerprint density at radius 3 is 2.73 bits per heavy atom. The van der Waals surface area contributed by atoms with Crippen LogP contribution in [0.5, 0.6) is 11.5 Å². The van der Waals surface area contributed by atoms with Crippen LogP contribution in [0.15, 0.2) is 41.7 Å². The molecule has 2 aliphatic heterocycles. The molecule has 134 valence electrons. The number of hydrogen-bond acceptors (Lipinski definition) is 5. The molecule has 0 bridgehead atoms. The molecule has 1 unspecified atom stereocenters. The van der Waals surface area contributed by atoms with E-state index in [1.165, 1.54) is 4.90 Å². The van der Waals surface area contributed by atoms with Gasteiger partial charge >= 0.3 is 0 Å². The van der Waals surface area contributed by atoms with Crippen LogP contribution >= 0.6 is 0 Å². The standard InChI is InChI=1S/C20H22N4O2/c1-12(2)4-5-13-6-7-16-15(10-13)20(18(25)24(3)19(21)23-20)14-8-9-22-11-17(14)26-16/h6-12H,4-5H2,1-3H3,(H2,21,23). The summed E-state index contributed by atoms with van der Waals surface area (Å²) in [7, 11) is 1.65. The van der Waals surface area contributed by atoms with Crippen molar-refractivity contribution in [1.29, 1.82) is 0 Å². The Morgan fingerprint density at radius 1 is 1.23 bits per heavy atom. The molecule has 4 rings (SSSR count). The zero-order chi connectivity index (χ0) is 18.5. The summed E-state index contributed by atoms with van der Waals surface area (Å²) in [6, 6.07) is 7.79. The first-order valence-electron chi connectivity index (χ1n) is 8.82. The molecule has 26 heavy (non-hydrogen) atoms. The summed E-state index contributed by atoms with van der Waals surface area (Å²) >= 11 is 0. The van der Waals surface area contributed by atoms with Gasteiger partial charge in [0, 0.05) is 24.4 Å². The number of nitrogens with zero attached hydrogens (tertiary/aromatic N) is 3. The molecule has 1 spiro atoms. The number of aryl methyl sites for hydroxylation is 1. The molecule has 1 amide bonds. The van der Waals surface area contributed by atoms with Crippen molar-refractivity contribution in [2.24, 2.45) is 16.6 Å². The molecule has 2 N–H and O–H groups in total. The van der Waals surface area contributed by atoms with Gasteiger partial charge in [-0.15, -0.1) is 0 Å². The molecule has 1 aromatic heterocycles. The largest absolute Gasteiger partial charge is 0.455 e. The van der Waals surface area contributed by atoms with Gasteiger partial charge in [-0.3, -0.25) is 14.7 Å². The number of amides is 1. The van der Waals surface area contributed by atoms with Crippen molar-refractivity contribution in [3.8, 4) is 11.5 Å². The van der Waals surface area contributed by atoms with Gasteiger partial charge < -0.3 is 10.5 Å². The molecule has 2 aliphatic rings. The molecule has 0 saturated carbocycles. The van der Waals surface area contributed by atoms with Gasteiger partial charge in [-0.2, -0.15) is 0 Å². The maximum absolute atomic E-state index is 13.3. The molecule has 1 aromatic carbocycles. The van der Waals surface area contributed by atoms with E-state index in [2.05, 4.69) is 23.8 Å². The summed E-state index contributed by atoms with van der Waals surface area (Å²) in [6.45, 7) is 4.40. The number of ether oxygens (including phenoxy) is 1. The summed E-state index contributed by atoms with van der Waals surface area (Å²) in [4.78, 5) is 23.4. The van der Waals surface area contributed by atoms with E-state index in [-0.39, 0.29) is 11.9 Å². The average molecular weight is 350 g/mol. The molecule has 0 fully saturated rings. The SMILES string of the molecule is CC(C)CCc1ccc2c(c1)C1(N=C(N)N(C)C1=O)c1ccncc1O2. The summed E-state index contributed by atoms with van der Waals surface area (Å²) < 4.78 is 6.02. The molecule has 1 atom stereocenters. The van der Waals surface area contributed by atoms with Crippen LogP contribution in [-0.4, -0.2) is 28.8 Å². The lowest BCUT2D eigenvalue weighted by molar-refractivity contribution is -0.129. The Labute approximate surface area is 152 Å². The van der Waals surface area contributed by atoms with Gasteiger partial charge in [0.25, 0.3) is 5.91 Å². The first-order chi connectivity index (χ1) is 12.4. The van der Waals surface area contributed by atoms with Crippen molar-refractivity contribution < 1.29 is 9.53 Å². The Morgan fingerprint density at radius 2 is 2.04 bits per heavy atom. The summed E-state index contributed by atoms with van der Waals surface area (Å²) in [5.74, 6) is 1.80. The van der Waals surface area contributed by atoms with E-state index in [1.54, 1.807) is 25.5 Å². The molecule has 0 saturated heterocycles. The summed E-state index contributed by atoms with van der Waals surface area (Å²) in [5, 5.41) is 0. The van der Waals surface area contributed by atoms with E-state index in [4.69, 9.17) is 10.5 Å². The number of hydrogen-bond donors (Lipinski definition) is 1. The number of rotatable bonds is 3. The Kier molecular flexibility index (Phi) is 3.72. The minimum atomic E-state index is -1.20. The number of carbonyl (C=O) groups is 1. The van der Waals surface area contributed by atoms with E-state index in [0.29, 0.717) is 23.0 Å². The number of guanidine groups is 1. The number of nitrogens with two attached hydrogens (primary N) is 1. The molecule has 6 nitrogen and oxygen atoms in total. The molecule has 0 aliphatic carbocycles.